The Kier molecular flexibility index (Phi) is 6.76. The number of rotatable bonds is 6. The van der Waals surface area contributed by atoms with Gasteiger partial charge in [-0.3, -0.25) is 9.69 Å². The molecule has 0 spiro atoms. The SMILES string of the molecule is O=C(COc1ccc(Br)cc1Cl)NCCN1CCOCC1. The number of hydrogen-bond acceptors (Lipinski definition) is 4. The number of benzene rings is 1. The first-order valence-corrected chi connectivity index (χ1v) is 7.97. The van der Waals surface area contributed by atoms with E-state index < -0.39 is 0 Å². The van der Waals surface area contributed by atoms with E-state index >= 15 is 0 Å². The predicted octanol–water partition coefficient (Wildman–Crippen LogP) is 1.93. The normalized spacial score (nSPS) is 15.7. The van der Waals surface area contributed by atoms with Crippen LogP contribution in [0.25, 0.3) is 0 Å². The average molecular weight is 378 g/mol. The molecule has 7 heteroatoms. The van der Waals surface area contributed by atoms with Crippen molar-refractivity contribution in [1.29, 1.82) is 0 Å². The van der Waals surface area contributed by atoms with Gasteiger partial charge in [0.1, 0.15) is 5.75 Å². The Morgan fingerprint density at radius 2 is 2.19 bits per heavy atom. The summed E-state index contributed by atoms with van der Waals surface area (Å²) < 4.78 is 11.5. The summed E-state index contributed by atoms with van der Waals surface area (Å²) in [7, 11) is 0. The molecule has 2 rings (SSSR count). The molecule has 0 aliphatic carbocycles. The lowest BCUT2D eigenvalue weighted by Gasteiger charge is -2.26. The molecule has 5 nitrogen and oxygen atoms in total. The molecule has 21 heavy (non-hydrogen) atoms. The fourth-order valence-electron chi connectivity index (χ4n) is 1.96. The topological polar surface area (TPSA) is 50.8 Å². The van der Waals surface area contributed by atoms with Crippen molar-refractivity contribution >= 4 is 33.4 Å². The standard InChI is InChI=1S/C14H18BrClN2O3/c15-11-1-2-13(12(16)9-11)21-10-14(19)17-3-4-18-5-7-20-8-6-18/h1-2,9H,3-8,10H2,(H,17,19). The minimum Gasteiger partial charge on any atom is -0.482 e. The summed E-state index contributed by atoms with van der Waals surface area (Å²) in [5, 5.41) is 3.31. The molecule has 1 amide bonds. The van der Waals surface area contributed by atoms with Gasteiger partial charge in [0.05, 0.1) is 18.2 Å². The number of amides is 1. The van der Waals surface area contributed by atoms with Crippen LogP contribution in [0.15, 0.2) is 22.7 Å². The van der Waals surface area contributed by atoms with Crippen molar-refractivity contribution in [2.75, 3.05) is 46.0 Å². The molecular weight excluding hydrogens is 360 g/mol. The van der Waals surface area contributed by atoms with E-state index in [0.717, 1.165) is 37.3 Å². The molecule has 1 aromatic carbocycles. The lowest BCUT2D eigenvalue weighted by atomic mass is 10.3. The van der Waals surface area contributed by atoms with E-state index in [1.54, 1.807) is 12.1 Å². The fourth-order valence-corrected chi connectivity index (χ4v) is 2.69. The molecule has 1 aliphatic heterocycles. The van der Waals surface area contributed by atoms with E-state index in [1.807, 2.05) is 6.07 Å². The van der Waals surface area contributed by atoms with Crippen LogP contribution < -0.4 is 10.1 Å². The van der Waals surface area contributed by atoms with Crippen LogP contribution in [0.2, 0.25) is 5.02 Å². The third-order valence-electron chi connectivity index (χ3n) is 3.11. The molecule has 1 heterocycles. The Hall–Kier alpha value is -0.820. The molecular formula is C14H18BrClN2O3. The number of hydrogen-bond donors (Lipinski definition) is 1. The van der Waals surface area contributed by atoms with E-state index in [2.05, 4.69) is 26.1 Å². The van der Waals surface area contributed by atoms with Crippen molar-refractivity contribution in [3.8, 4) is 5.75 Å². The Morgan fingerprint density at radius 3 is 2.90 bits per heavy atom. The maximum atomic E-state index is 11.7. The van der Waals surface area contributed by atoms with Crippen LogP contribution in [0, 0.1) is 0 Å². The summed E-state index contributed by atoms with van der Waals surface area (Å²) in [5.41, 5.74) is 0. The third-order valence-corrected chi connectivity index (χ3v) is 3.90. The molecule has 0 atom stereocenters. The van der Waals surface area contributed by atoms with Crippen LogP contribution in [-0.4, -0.2) is 56.8 Å². The summed E-state index contributed by atoms with van der Waals surface area (Å²) in [6.07, 6.45) is 0. The quantitative estimate of drug-likeness (QED) is 0.823. The zero-order chi connectivity index (χ0) is 15.1. The molecule has 0 saturated carbocycles. The minimum atomic E-state index is -0.151. The molecule has 1 saturated heterocycles. The highest BCUT2D eigenvalue weighted by atomic mass is 79.9. The van der Waals surface area contributed by atoms with E-state index in [0.29, 0.717) is 17.3 Å². The van der Waals surface area contributed by atoms with Crippen LogP contribution in [0.3, 0.4) is 0 Å². The van der Waals surface area contributed by atoms with E-state index in [9.17, 15) is 4.79 Å². The van der Waals surface area contributed by atoms with Crippen LogP contribution in [0.5, 0.6) is 5.75 Å². The first kappa shape index (κ1) is 16.5. The zero-order valence-electron chi connectivity index (χ0n) is 11.6. The van der Waals surface area contributed by atoms with E-state index in [4.69, 9.17) is 21.1 Å². The molecule has 1 aromatic rings. The van der Waals surface area contributed by atoms with Crippen molar-refractivity contribution in [3.63, 3.8) is 0 Å². The molecule has 0 radical (unpaired) electrons. The lowest BCUT2D eigenvalue weighted by Crippen LogP contribution is -2.42. The highest BCUT2D eigenvalue weighted by molar-refractivity contribution is 9.10. The second-order valence-corrected chi connectivity index (χ2v) is 5.99. The molecule has 116 valence electrons. The number of halogens is 2. The molecule has 1 N–H and O–H groups in total. The average Bonchev–Trinajstić information content (AvgIpc) is 2.47. The fraction of sp³-hybridized carbons (Fsp3) is 0.500. The summed E-state index contributed by atoms with van der Waals surface area (Å²) in [4.78, 5) is 14.0. The van der Waals surface area contributed by atoms with Gasteiger partial charge in [-0.1, -0.05) is 27.5 Å². The molecule has 1 fully saturated rings. The monoisotopic (exact) mass is 376 g/mol. The molecule has 1 aliphatic rings. The first-order valence-electron chi connectivity index (χ1n) is 6.80. The first-order chi connectivity index (χ1) is 10.1. The van der Waals surface area contributed by atoms with Gasteiger partial charge >= 0.3 is 0 Å². The highest BCUT2D eigenvalue weighted by Crippen LogP contribution is 2.27. The van der Waals surface area contributed by atoms with Crippen LogP contribution in [0.4, 0.5) is 0 Å². The van der Waals surface area contributed by atoms with Gasteiger partial charge in [-0.25, -0.2) is 0 Å². The number of carbonyl (C=O) groups is 1. The summed E-state index contributed by atoms with van der Waals surface area (Å²) in [6, 6.07) is 5.28. The van der Waals surface area contributed by atoms with Crippen LogP contribution >= 0.6 is 27.5 Å². The van der Waals surface area contributed by atoms with Crippen LogP contribution in [-0.2, 0) is 9.53 Å². The van der Waals surface area contributed by atoms with Gasteiger partial charge in [-0.05, 0) is 18.2 Å². The zero-order valence-corrected chi connectivity index (χ0v) is 14.0. The van der Waals surface area contributed by atoms with Crippen molar-refractivity contribution in [2.24, 2.45) is 0 Å². The van der Waals surface area contributed by atoms with Crippen molar-refractivity contribution in [3.05, 3.63) is 27.7 Å². The number of morpholine rings is 1. The van der Waals surface area contributed by atoms with Crippen molar-refractivity contribution in [2.45, 2.75) is 0 Å². The van der Waals surface area contributed by atoms with Crippen molar-refractivity contribution < 1.29 is 14.3 Å². The summed E-state index contributed by atoms with van der Waals surface area (Å²) in [6.45, 7) is 4.76. The largest absolute Gasteiger partial charge is 0.482 e. The second kappa shape index (κ2) is 8.58. The van der Waals surface area contributed by atoms with Crippen LogP contribution in [0.1, 0.15) is 0 Å². The van der Waals surface area contributed by atoms with Gasteiger partial charge in [-0.2, -0.15) is 0 Å². The Labute approximate surface area is 137 Å². The van der Waals surface area contributed by atoms with Gasteiger partial charge in [0, 0.05) is 30.7 Å². The molecule has 0 bridgehead atoms. The number of ether oxygens (including phenoxy) is 2. The number of carbonyl (C=O) groups excluding carboxylic acids is 1. The van der Waals surface area contributed by atoms with Gasteiger partial charge in [0.15, 0.2) is 6.61 Å². The summed E-state index contributed by atoms with van der Waals surface area (Å²) >= 11 is 9.33. The second-order valence-electron chi connectivity index (χ2n) is 4.67. The predicted molar refractivity (Wildman–Crippen MR) is 84.9 cm³/mol. The number of nitrogens with one attached hydrogen (secondary N) is 1. The van der Waals surface area contributed by atoms with E-state index in [1.165, 1.54) is 0 Å². The smallest absolute Gasteiger partial charge is 0.257 e. The molecule has 0 unspecified atom stereocenters. The minimum absolute atomic E-state index is 0.0372. The highest BCUT2D eigenvalue weighted by Gasteiger charge is 2.10. The summed E-state index contributed by atoms with van der Waals surface area (Å²) in [5.74, 6) is 0.352. The number of nitrogens with zero attached hydrogens (tertiary/aromatic N) is 1. The Balaban J connectivity index is 1.65. The van der Waals surface area contributed by atoms with Gasteiger partial charge in [-0.15, -0.1) is 0 Å². The van der Waals surface area contributed by atoms with Gasteiger partial charge in [0.25, 0.3) is 5.91 Å². The maximum absolute atomic E-state index is 11.7. The lowest BCUT2D eigenvalue weighted by molar-refractivity contribution is -0.123. The Morgan fingerprint density at radius 1 is 1.43 bits per heavy atom. The van der Waals surface area contributed by atoms with Gasteiger partial charge in [0.2, 0.25) is 0 Å². The van der Waals surface area contributed by atoms with Crippen molar-refractivity contribution in [1.82, 2.24) is 10.2 Å². The third kappa shape index (κ3) is 5.82. The Bertz CT molecular complexity index is 481. The van der Waals surface area contributed by atoms with E-state index in [-0.39, 0.29) is 12.5 Å². The maximum Gasteiger partial charge on any atom is 0.257 e. The van der Waals surface area contributed by atoms with Gasteiger partial charge < -0.3 is 14.8 Å². The molecule has 0 aromatic heterocycles.